The van der Waals surface area contributed by atoms with Crippen molar-refractivity contribution >= 4 is 6.09 Å². The Morgan fingerprint density at radius 2 is 1.87 bits per heavy atom. The molecule has 0 saturated carbocycles. The van der Waals surface area contributed by atoms with Crippen LogP contribution < -0.4 is 5.32 Å². The summed E-state index contributed by atoms with van der Waals surface area (Å²) in [5, 5.41) is 2.59. The summed E-state index contributed by atoms with van der Waals surface area (Å²) in [5.74, 6) is 0. The highest BCUT2D eigenvalue weighted by Crippen LogP contribution is 2.05. The SMILES string of the molecule is COCCOCCNC(=O)OC(C)(C)C. The molecule has 90 valence electrons. The van der Waals surface area contributed by atoms with Crippen LogP contribution in [0.2, 0.25) is 0 Å². The van der Waals surface area contributed by atoms with Crippen molar-refractivity contribution < 1.29 is 19.0 Å². The molecule has 0 aromatic rings. The molecule has 0 radical (unpaired) electrons. The lowest BCUT2D eigenvalue weighted by Gasteiger charge is -2.19. The first-order valence-corrected chi connectivity index (χ1v) is 4.99. The third-order valence-electron chi connectivity index (χ3n) is 1.35. The van der Waals surface area contributed by atoms with Gasteiger partial charge in [-0.3, -0.25) is 0 Å². The maximum Gasteiger partial charge on any atom is 0.407 e. The Labute approximate surface area is 91.1 Å². The van der Waals surface area contributed by atoms with Crippen molar-refractivity contribution in [2.75, 3.05) is 33.5 Å². The summed E-state index contributed by atoms with van der Waals surface area (Å²) in [6, 6.07) is 0. The summed E-state index contributed by atoms with van der Waals surface area (Å²) in [5.41, 5.74) is -0.457. The average Bonchev–Trinajstić information content (AvgIpc) is 2.08. The molecule has 0 unspecified atom stereocenters. The van der Waals surface area contributed by atoms with Gasteiger partial charge < -0.3 is 19.5 Å². The van der Waals surface area contributed by atoms with Gasteiger partial charge in [-0.05, 0) is 20.8 Å². The molecule has 0 aliphatic rings. The van der Waals surface area contributed by atoms with Crippen molar-refractivity contribution in [3.8, 4) is 0 Å². The van der Waals surface area contributed by atoms with Gasteiger partial charge in [-0.2, -0.15) is 0 Å². The van der Waals surface area contributed by atoms with E-state index in [1.807, 2.05) is 20.8 Å². The molecule has 0 aromatic heterocycles. The van der Waals surface area contributed by atoms with Crippen LogP contribution in [-0.4, -0.2) is 45.2 Å². The first-order chi connectivity index (χ1) is 6.95. The third kappa shape index (κ3) is 11.1. The maximum atomic E-state index is 11.1. The minimum Gasteiger partial charge on any atom is -0.444 e. The number of nitrogens with one attached hydrogen (secondary N) is 1. The van der Waals surface area contributed by atoms with Crippen LogP contribution in [0.3, 0.4) is 0 Å². The van der Waals surface area contributed by atoms with Gasteiger partial charge in [0, 0.05) is 13.7 Å². The summed E-state index contributed by atoms with van der Waals surface area (Å²) in [6.45, 7) is 7.46. The molecule has 0 aliphatic heterocycles. The third-order valence-corrected chi connectivity index (χ3v) is 1.35. The van der Waals surface area contributed by atoms with Gasteiger partial charge >= 0.3 is 6.09 Å². The quantitative estimate of drug-likeness (QED) is 0.681. The molecule has 5 heteroatoms. The van der Waals surface area contributed by atoms with E-state index in [1.165, 1.54) is 0 Å². The Hall–Kier alpha value is -0.810. The highest BCUT2D eigenvalue weighted by atomic mass is 16.6. The van der Waals surface area contributed by atoms with Crippen molar-refractivity contribution in [2.24, 2.45) is 0 Å². The van der Waals surface area contributed by atoms with Gasteiger partial charge in [0.2, 0.25) is 0 Å². The maximum absolute atomic E-state index is 11.1. The first-order valence-electron chi connectivity index (χ1n) is 4.99. The molecular formula is C10H21NO4. The first kappa shape index (κ1) is 14.2. The molecule has 0 atom stereocenters. The molecule has 0 saturated heterocycles. The van der Waals surface area contributed by atoms with Crippen LogP contribution >= 0.6 is 0 Å². The van der Waals surface area contributed by atoms with E-state index in [4.69, 9.17) is 14.2 Å². The van der Waals surface area contributed by atoms with Crippen LogP contribution in [0.1, 0.15) is 20.8 Å². The van der Waals surface area contributed by atoms with Gasteiger partial charge in [0.1, 0.15) is 5.60 Å². The van der Waals surface area contributed by atoms with Crippen molar-refractivity contribution in [2.45, 2.75) is 26.4 Å². The van der Waals surface area contributed by atoms with Crippen molar-refractivity contribution in [1.82, 2.24) is 5.32 Å². The number of hydrogen-bond donors (Lipinski definition) is 1. The molecular weight excluding hydrogens is 198 g/mol. The van der Waals surface area contributed by atoms with E-state index in [2.05, 4.69) is 5.32 Å². The van der Waals surface area contributed by atoms with Gasteiger partial charge in [0.25, 0.3) is 0 Å². The van der Waals surface area contributed by atoms with Gasteiger partial charge in [-0.25, -0.2) is 4.79 Å². The molecule has 15 heavy (non-hydrogen) atoms. The number of amides is 1. The zero-order valence-corrected chi connectivity index (χ0v) is 9.96. The summed E-state index contributed by atoms with van der Waals surface area (Å²) >= 11 is 0. The van der Waals surface area contributed by atoms with Crippen LogP contribution in [0.5, 0.6) is 0 Å². The molecule has 0 fully saturated rings. The minimum absolute atomic E-state index is 0.419. The number of methoxy groups -OCH3 is 1. The predicted octanol–water partition coefficient (Wildman–Crippen LogP) is 1.17. The largest absolute Gasteiger partial charge is 0.444 e. The summed E-state index contributed by atoms with van der Waals surface area (Å²) in [4.78, 5) is 11.1. The van der Waals surface area contributed by atoms with Crippen LogP contribution in [0.15, 0.2) is 0 Å². The Bertz CT molecular complexity index is 177. The molecule has 0 heterocycles. The fourth-order valence-electron chi connectivity index (χ4n) is 0.784. The minimum atomic E-state index is -0.457. The van der Waals surface area contributed by atoms with Crippen LogP contribution in [0.4, 0.5) is 4.79 Å². The van der Waals surface area contributed by atoms with Crippen molar-refractivity contribution in [3.63, 3.8) is 0 Å². The van der Waals surface area contributed by atoms with Gasteiger partial charge in [-0.1, -0.05) is 0 Å². The second-order valence-corrected chi connectivity index (χ2v) is 4.03. The second-order valence-electron chi connectivity index (χ2n) is 4.03. The normalized spacial score (nSPS) is 11.2. The molecule has 5 nitrogen and oxygen atoms in total. The molecule has 0 spiro atoms. The van der Waals surface area contributed by atoms with E-state index in [1.54, 1.807) is 7.11 Å². The van der Waals surface area contributed by atoms with Crippen LogP contribution in [0, 0.1) is 0 Å². The van der Waals surface area contributed by atoms with Crippen molar-refractivity contribution in [3.05, 3.63) is 0 Å². The zero-order valence-electron chi connectivity index (χ0n) is 9.96. The number of alkyl carbamates (subject to hydrolysis) is 1. The fraction of sp³-hybridized carbons (Fsp3) is 0.900. The monoisotopic (exact) mass is 219 g/mol. The molecule has 0 bridgehead atoms. The van der Waals surface area contributed by atoms with Crippen molar-refractivity contribution in [1.29, 1.82) is 0 Å². The highest BCUT2D eigenvalue weighted by molar-refractivity contribution is 5.67. The molecule has 0 rings (SSSR count). The average molecular weight is 219 g/mol. The number of carbonyl (C=O) groups excluding carboxylic acids is 1. The lowest BCUT2D eigenvalue weighted by molar-refractivity contribution is 0.0464. The van der Waals surface area contributed by atoms with E-state index in [0.29, 0.717) is 26.4 Å². The fourth-order valence-corrected chi connectivity index (χ4v) is 0.784. The number of ether oxygens (including phenoxy) is 3. The lowest BCUT2D eigenvalue weighted by atomic mass is 10.2. The summed E-state index contributed by atoms with van der Waals surface area (Å²) in [7, 11) is 1.61. The topological polar surface area (TPSA) is 56.8 Å². The van der Waals surface area contributed by atoms with E-state index < -0.39 is 11.7 Å². The second kappa shape index (κ2) is 7.48. The molecule has 1 N–H and O–H groups in total. The Morgan fingerprint density at radius 1 is 1.20 bits per heavy atom. The van der Waals surface area contributed by atoms with Gasteiger partial charge in [0.15, 0.2) is 0 Å². The highest BCUT2D eigenvalue weighted by Gasteiger charge is 2.15. The van der Waals surface area contributed by atoms with Crippen LogP contribution in [0.25, 0.3) is 0 Å². The number of hydrogen-bond acceptors (Lipinski definition) is 4. The Morgan fingerprint density at radius 3 is 2.40 bits per heavy atom. The molecule has 1 amide bonds. The number of carbonyl (C=O) groups is 1. The summed E-state index contributed by atoms with van der Waals surface area (Å²) in [6.07, 6.45) is -0.419. The predicted molar refractivity (Wildman–Crippen MR) is 56.9 cm³/mol. The standard InChI is InChI=1S/C10H21NO4/c1-10(2,3)15-9(12)11-5-6-14-8-7-13-4/h5-8H2,1-4H3,(H,11,12). The van der Waals surface area contributed by atoms with E-state index in [0.717, 1.165) is 0 Å². The van der Waals surface area contributed by atoms with E-state index >= 15 is 0 Å². The summed E-state index contributed by atoms with van der Waals surface area (Å²) < 4.78 is 15.0. The van der Waals surface area contributed by atoms with E-state index in [9.17, 15) is 4.79 Å². The molecule has 0 aliphatic carbocycles. The molecule has 0 aromatic carbocycles. The van der Waals surface area contributed by atoms with Crippen LogP contribution in [-0.2, 0) is 14.2 Å². The number of rotatable bonds is 6. The van der Waals surface area contributed by atoms with Gasteiger partial charge in [0.05, 0.1) is 19.8 Å². The smallest absolute Gasteiger partial charge is 0.407 e. The zero-order chi connectivity index (χ0) is 11.7. The Kier molecular flexibility index (Phi) is 7.07. The Balaban J connectivity index is 3.32. The van der Waals surface area contributed by atoms with E-state index in [-0.39, 0.29) is 0 Å². The van der Waals surface area contributed by atoms with Gasteiger partial charge in [-0.15, -0.1) is 0 Å². The lowest BCUT2D eigenvalue weighted by Crippen LogP contribution is -2.34.